The first kappa shape index (κ1) is 20.8. The van der Waals surface area contributed by atoms with Crippen LogP contribution in [0.1, 0.15) is 50.2 Å². The van der Waals surface area contributed by atoms with Crippen molar-refractivity contribution in [3.05, 3.63) is 23.3 Å². The van der Waals surface area contributed by atoms with Crippen LogP contribution in [0.25, 0.3) is 0 Å². The predicted molar refractivity (Wildman–Crippen MR) is 104 cm³/mol. The van der Waals surface area contributed by atoms with E-state index in [-0.39, 0.29) is 23.9 Å². The number of aliphatic carboxylic acids is 1. The molecule has 0 atom stereocenters. The summed E-state index contributed by atoms with van der Waals surface area (Å²) in [6.07, 6.45) is 5.37. The van der Waals surface area contributed by atoms with E-state index in [0.29, 0.717) is 0 Å². The van der Waals surface area contributed by atoms with Crippen molar-refractivity contribution in [1.82, 2.24) is 4.90 Å². The van der Waals surface area contributed by atoms with Gasteiger partial charge in [0, 0.05) is 12.1 Å². The zero-order chi connectivity index (χ0) is 18.0. The Labute approximate surface area is 162 Å². The second kappa shape index (κ2) is 8.49. The molecular weight excluding hydrogens is 354 g/mol. The number of carboxylic acid groups (broad SMARTS) is 1. The van der Waals surface area contributed by atoms with E-state index in [2.05, 4.69) is 24.0 Å². The standard InChI is InChI=1S/C20H29NO4.ClH/c1-4-10-21-11-7-15-12-17(24-2)18(25-3)13-16(15)20(21)8-5-14(6-9-20)19(22)23;/h12-14H,4-11H2,1-3H3,(H,22,23);1H. The van der Waals surface area contributed by atoms with Gasteiger partial charge >= 0.3 is 5.97 Å². The Hall–Kier alpha value is -1.46. The second-order valence-corrected chi connectivity index (χ2v) is 7.25. The first-order valence-electron chi connectivity index (χ1n) is 9.29. The van der Waals surface area contributed by atoms with Crippen molar-refractivity contribution in [2.24, 2.45) is 5.92 Å². The molecule has 1 fully saturated rings. The number of hydrogen-bond acceptors (Lipinski definition) is 4. The number of carbonyl (C=O) groups is 1. The highest BCUT2D eigenvalue weighted by Gasteiger charge is 2.46. The summed E-state index contributed by atoms with van der Waals surface area (Å²) in [6.45, 7) is 4.28. The third kappa shape index (κ3) is 3.52. The van der Waals surface area contributed by atoms with Gasteiger partial charge in [-0.2, -0.15) is 0 Å². The smallest absolute Gasteiger partial charge is 0.306 e. The number of hydrogen-bond donors (Lipinski definition) is 1. The number of rotatable bonds is 5. The molecule has 3 rings (SSSR count). The van der Waals surface area contributed by atoms with Crippen LogP contribution in [-0.2, 0) is 16.8 Å². The minimum absolute atomic E-state index is 0. The summed E-state index contributed by atoms with van der Waals surface area (Å²) in [6, 6.07) is 4.25. The molecule has 1 saturated carbocycles. The van der Waals surface area contributed by atoms with E-state index < -0.39 is 5.97 Å². The highest BCUT2D eigenvalue weighted by Crippen LogP contribution is 2.50. The number of benzene rings is 1. The van der Waals surface area contributed by atoms with E-state index in [1.54, 1.807) is 14.2 Å². The van der Waals surface area contributed by atoms with Gasteiger partial charge in [0.05, 0.1) is 20.1 Å². The molecule has 0 unspecified atom stereocenters. The monoisotopic (exact) mass is 383 g/mol. The summed E-state index contributed by atoms with van der Waals surface area (Å²) < 4.78 is 11.0. The van der Waals surface area contributed by atoms with E-state index in [9.17, 15) is 9.90 Å². The number of fused-ring (bicyclic) bond motifs is 2. The number of nitrogens with zero attached hydrogens (tertiary/aromatic N) is 1. The molecule has 0 aromatic heterocycles. The largest absolute Gasteiger partial charge is 0.493 e. The fourth-order valence-corrected chi connectivity index (χ4v) is 4.72. The molecule has 1 heterocycles. The molecule has 1 aromatic carbocycles. The Morgan fingerprint density at radius 1 is 1.23 bits per heavy atom. The van der Waals surface area contributed by atoms with Gasteiger partial charge in [0.1, 0.15) is 0 Å². The van der Waals surface area contributed by atoms with Crippen LogP contribution in [0.3, 0.4) is 0 Å². The van der Waals surface area contributed by atoms with Crippen molar-refractivity contribution in [3.8, 4) is 11.5 Å². The van der Waals surface area contributed by atoms with Gasteiger partial charge < -0.3 is 14.6 Å². The van der Waals surface area contributed by atoms with Crippen molar-refractivity contribution in [1.29, 1.82) is 0 Å². The molecule has 1 spiro atoms. The van der Waals surface area contributed by atoms with Gasteiger partial charge in [-0.3, -0.25) is 9.69 Å². The molecule has 146 valence electrons. The average Bonchev–Trinajstić information content (AvgIpc) is 2.63. The molecule has 2 aliphatic rings. The summed E-state index contributed by atoms with van der Waals surface area (Å²) in [5.41, 5.74) is 2.57. The Morgan fingerprint density at radius 3 is 2.38 bits per heavy atom. The van der Waals surface area contributed by atoms with E-state index in [1.807, 2.05) is 0 Å². The molecule has 0 amide bonds. The normalized spacial score (nSPS) is 25.3. The molecule has 6 heteroatoms. The molecule has 1 aliphatic heterocycles. The number of ether oxygens (including phenoxy) is 2. The van der Waals surface area contributed by atoms with Crippen LogP contribution in [0.5, 0.6) is 11.5 Å². The summed E-state index contributed by atoms with van der Waals surface area (Å²) in [5, 5.41) is 9.39. The third-order valence-electron chi connectivity index (χ3n) is 6.02. The van der Waals surface area contributed by atoms with E-state index in [0.717, 1.165) is 63.1 Å². The van der Waals surface area contributed by atoms with Gasteiger partial charge in [-0.15, -0.1) is 12.4 Å². The maximum absolute atomic E-state index is 11.4. The topological polar surface area (TPSA) is 59.0 Å². The fraction of sp³-hybridized carbons (Fsp3) is 0.650. The maximum atomic E-state index is 11.4. The first-order valence-corrected chi connectivity index (χ1v) is 9.29. The molecule has 0 bridgehead atoms. The van der Waals surface area contributed by atoms with Crippen LogP contribution in [0.2, 0.25) is 0 Å². The summed E-state index contributed by atoms with van der Waals surface area (Å²) in [5.74, 6) is 0.679. The molecule has 0 saturated heterocycles. The van der Waals surface area contributed by atoms with E-state index in [4.69, 9.17) is 9.47 Å². The van der Waals surface area contributed by atoms with Gasteiger partial charge in [-0.25, -0.2) is 0 Å². The zero-order valence-corrected chi connectivity index (χ0v) is 16.7. The Bertz CT molecular complexity index is 641. The minimum Gasteiger partial charge on any atom is -0.493 e. The number of carboxylic acids is 1. The van der Waals surface area contributed by atoms with Crippen LogP contribution in [0.15, 0.2) is 12.1 Å². The van der Waals surface area contributed by atoms with Gasteiger partial charge in [-0.05, 0) is 68.3 Å². The van der Waals surface area contributed by atoms with Crippen molar-refractivity contribution in [2.75, 3.05) is 27.3 Å². The average molecular weight is 384 g/mol. The highest BCUT2D eigenvalue weighted by atomic mass is 35.5. The lowest BCUT2D eigenvalue weighted by atomic mass is 9.68. The molecule has 26 heavy (non-hydrogen) atoms. The van der Waals surface area contributed by atoms with Gasteiger partial charge in [0.15, 0.2) is 11.5 Å². The van der Waals surface area contributed by atoms with Gasteiger partial charge in [0.25, 0.3) is 0 Å². The predicted octanol–water partition coefficient (Wildman–Crippen LogP) is 3.86. The number of halogens is 1. The van der Waals surface area contributed by atoms with Crippen LogP contribution in [0.4, 0.5) is 0 Å². The van der Waals surface area contributed by atoms with Crippen molar-refractivity contribution >= 4 is 18.4 Å². The SMILES string of the molecule is CCCN1CCc2cc(OC)c(OC)cc2C12CCC(C(=O)O)CC2.Cl. The first-order chi connectivity index (χ1) is 12.1. The lowest BCUT2D eigenvalue weighted by Gasteiger charge is -2.51. The van der Waals surface area contributed by atoms with Crippen LogP contribution < -0.4 is 9.47 Å². The summed E-state index contributed by atoms with van der Waals surface area (Å²) in [7, 11) is 3.34. The molecule has 5 nitrogen and oxygen atoms in total. The highest BCUT2D eigenvalue weighted by molar-refractivity contribution is 5.85. The van der Waals surface area contributed by atoms with E-state index in [1.165, 1.54) is 11.1 Å². The lowest BCUT2D eigenvalue weighted by Crippen LogP contribution is -2.53. The summed E-state index contributed by atoms with van der Waals surface area (Å²) in [4.78, 5) is 14.0. The van der Waals surface area contributed by atoms with Crippen LogP contribution in [-0.4, -0.2) is 43.3 Å². The molecule has 1 N–H and O–H groups in total. The summed E-state index contributed by atoms with van der Waals surface area (Å²) >= 11 is 0. The Morgan fingerprint density at radius 2 is 1.85 bits per heavy atom. The second-order valence-electron chi connectivity index (χ2n) is 7.25. The fourth-order valence-electron chi connectivity index (χ4n) is 4.72. The Kier molecular flexibility index (Phi) is 6.80. The third-order valence-corrected chi connectivity index (χ3v) is 6.02. The minimum atomic E-state index is -0.653. The Balaban J connectivity index is 0.00000243. The van der Waals surface area contributed by atoms with Crippen molar-refractivity contribution < 1.29 is 19.4 Å². The van der Waals surface area contributed by atoms with Crippen LogP contribution in [0, 0.1) is 5.92 Å². The van der Waals surface area contributed by atoms with Crippen molar-refractivity contribution in [3.63, 3.8) is 0 Å². The molecule has 1 aliphatic carbocycles. The van der Waals surface area contributed by atoms with Crippen molar-refractivity contribution in [2.45, 2.75) is 51.0 Å². The number of methoxy groups -OCH3 is 2. The van der Waals surface area contributed by atoms with Gasteiger partial charge in [0.2, 0.25) is 0 Å². The molecule has 1 aromatic rings. The van der Waals surface area contributed by atoms with Gasteiger partial charge in [-0.1, -0.05) is 6.92 Å². The quantitative estimate of drug-likeness (QED) is 0.836. The van der Waals surface area contributed by atoms with Crippen LogP contribution >= 0.6 is 12.4 Å². The molecular formula is C20H30ClNO4. The molecule has 0 radical (unpaired) electrons. The lowest BCUT2D eigenvalue weighted by molar-refractivity contribution is -0.144. The zero-order valence-electron chi connectivity index (χ0n) is 15.9. The maximum Gasteiger partial charge on any atom is 0.306 e. The van der Waals surface area contributed by atoms with E-state index >= 15 is 0 Å².